The summed E-state index contributed by atoms with van der Waals surface area (Å²) in [6.07, 6.45) is 1.96. The van der Waals surface area contributed by atoms with E-state index in [-0.39, 0.29) is 0 Å². The highest BCUT2D eigenvalue weighted by Crippen LogP contribution is 2.22. The molecule has 0 aliphatic rings. The van der Waals surface area contributed by atoms with Gasteiger partial charge in [-0.1, -0.05) is 6.92 Å². The average Bonchev–Trinajstić information content (AvgIpc) is 2.76. The van der Waals surface area contributed by atoms with E-state index in [0.717, 1.165) is 43.4 Å². The average molecular weight is 304 g/mol. The Balaban J connectivity index is 2.10. The van der Waals surface area contributed by atoms with Crippen LogP contribution in [-0.4, -0.2) is 16.5 Å². The molecule has 0 unspecified atom stereocenters. The third-order valence-electron chi connectivity index (χ3n) is 3.26. The van der Waals surface area contributed by atoms with Crippen molar-refractivity contribution in [3.63, 3.8) is 0 Å². The molecule has 2 aromatic rings. The van der Waals surface area contributed by atoms with Gasteiger partial charge < -0.3 is 10.6 Å². The summed E-state index contributed by atoms with van der Waals surface area (Å²) < 4.78 is 0. The van der Waals surface area contributed by atoms with Crippen molar-refractivity contribution in [2.75, 3.05) is 17.2 Å². The summed E-state index contributed by atoms with van der Waals surface area (Å²) in [6, 6.07) is 4.22. The molecule has 2 rings (SSSR count). The lowest BCUT2D eigenvalue weighted by Crippen LogP contribution is -2.07. The molecule has 2 N–H and O–H groups in total. The molecule has 0 saturated heterocycles. The van der Waals surface area contributed by atoms with Crippen LogP contribution in [-0.2, 0) is 13.0 Å². The Bertz CT molecular complexity index is 548. The summed E-state index contributed by atoms with van der Waals surface area (Å²) in [4.78, 5) is 11.8. The number of anilines is 2. The van der Waals surface area contributed by atoms with Crippen molar-refractivity contribution >= 4 is 23.0 Å². The molecule has 0 fully saturated rings. The van der Waals surface area contributed by atoms with E-state index in [1.165, 1.54) is 15.3 Å². The number of aromatic nitrogens is 2. The minimum absolute atomic E-state index is 0.813. The lowest BCUT2D eigenvalue weighted by atomic mass is 10.3. The van der Waals surface area contributed by atoms with Gasteiger partial charge in [0.05, 0.1) is 6.54 Å². The molecular weight excluding hydrogens is 280 g/mol. The molecule has 0 atom stereocenters. The molecule has 21 heavy (non-hydrogen) atoms. The summed E-state index contributed by atoms with van der Waals surface area (Å²) >= 11 is 1.84. The van der Waals surface area contributed by atoms with E-state index in [1.54, 1.807) is 0 Å². The number of nitrogens with one attached hydrogen (secondary N) is 2. The largest absolute Gasteiger partial charge is 0.370 e. The highest BCUT2D eigenvalue weighted by molar-refractivity contribution is 7.12. The molecule has 0 aliphatic carbocycles. The Kier molecular flexibility index (Phi) is 5.56. The number of aryl methyl sites for hydroxylation is 3. The maximum absolute atomic E-state index is 4.59. The lowest BCUT2D eigenvalue weighted by Gasteiger charge is -2.09. The first-order valence-corrected chi connectivity index (χ1v) is 8.35. The molecule has 0 aromatic carbocycles. The van der Waals surface area contributed by atoms with Gasteiger partial charge in [0.25, 0.3) is 0 Å². The zero-order valence-electron chi connectivity index (χ0n) is 13.3. The Hall–Kier alpha value is -1.62. The topological polar surface area (TPSA) is 49.8 Å². The maximum Gasteiger partial charge on any atom is 0.133 e. The van der Waals surface area contributed by atoms with Crippen LogP contribution >= 0.6 is 11.3 Å². The van der Waals surface area contributed by atoms with Gasteiger partial charge in [-0.25, -0.2) is 9.97 Å². The van der Waals surface area contributed by atoms with Gasteiger partial charge in [-0.2, -0.15) is 0 Å². The van der Waals surface area contributed by atoms with Crippen LogP contribution in [0.25, 0.3) is 0 Å². The predicted molar refractivity (Wildman–Crippen MR) is 91.3 cm³/mol. The van der Waals surface area contributed by atoms with Crippen LogP contribution in [0, 0.1) is 13.8 Å². The Labute approximate surface area is 131 Å². The molecule has 0 aliphatic heterocycles. The summed E-state index contributed by atoms with van der Waals surface area (Å²) in [7, 11) is 0. The maximum atomic E-state index is 4.59. The van der Waals surface area contributed by atoms with Gasteiger partial charge in [-0.3, -0.25) is 0 Å². The van der Waals surface area contributed by atoms with Crippen LogP contribution in [0.2, 0.25) is 0 Å². The van der Waals surface area contributed by atoms with Crippen molar-refractivity contribution in [2.45, 2.75) is 47.1 Å². The number of nitrogens with zero attached hydrogens (tertiary/aromatic N) is 2. The first-order valence-electron chi connectivity index (χ1n) is 7.54. The molecule has 2 heterocycles. The molecule has 0 saturated carbocycles. The number of hydrogen-bond acceptors (Lipinski definition) is 5. The van der Waals surface area contributed by atoms with Gasteiger partial charge in [-0.15, -0.1) is 11.3 Å². The number of rotatable bonds is 7. The highest BCUT2D eigenvalue weighted by Gasteiger charge is 2.05. The highest BCUT2D eigenvalue weighted by atomic mass is 32.1. The molecule has 0 spiro atoms. The molecule has 2 aromatic heterocycles. The van der Waals surface area contributed by atoms with Crippen molar-refractivity contribution in [3.8, 4) is 0 Å². The van der Waals surface area contributed by atoms with Gasteiger partial charge in [-0.05, 0) is 38.8 Å². The van der Waals surface area contributed by atoms with Crippen LogP contribution in [0.4, 0.5) is 11.6 Å². The fourth-order valence-corrected chi connectivity index (χ4v) is 3.10. The molecule has 4 nitrogen and oxygen atoms in total. The number of hydrogen-bond donors (Lipinski definition) is 2. The first-order chi connectivity index (χ1) is 10.1. The Morgan fingerprint density at radius 1 is 1.05 bits per heavy atom. The zero-order valence-corrected chi connectivity index (χ0v) is 14.1. The molecule has 0 bridgehead atoms. The van der Waals surface area contributed by atoms with E-state index in [0.29, 0.717) is 0 Å². The molecule has 114 valence electrons. The summed E-state index contributed by atoms with van der Waals surface area (Å²) in [5.74, 6) is 2.70. The summed E-state index contributed by atoms with van der Waals surface area (Å²) in [6.45, 7) is 10.2. The minimum atomic E-state index is 0.813. The third kappa shape index (κ3) is 4.43. The van der Waals surface area contributed by atoms with Crippen LogP contribution in [0.1, 0.15) is 41.4 Å². The smallest absolute Gasteiger partial charge is 0.133 e. The zero-order chi connectivity index (χ0) is 15.2. The van der Waals surface area contributed by atoms with Crippen molar-refractivity contribution < 1.29 is 0 Å². The van der Waals surface area contributed by atoms with Crippen LogP contribution in [0.15, 0.2) is 12.1 Å². The van der Waals surface area contributed by atoms with Crippen molar-refractivity contribution in [1.82, 2.24) is 9.97 Å². The Morgan fingerprint density at radius 2 is 1.76 bits per heavy atom. The summed E-state index contributed by atoms with van der Waals surface area (Å²) in [5, 5.41) is 6.69. The van der Waals surface area contributed by atoms with Gasteiger partial charge in [0.15, 0.2) is 0 Å². The molecule has 0 radical (unpaired) electrons. The SMILES string of the molecule is CCCc1nc(NCC)cc(NCc2cc(C)c(C)s2)n1. The molecule has 0 amide bonds. The lowest BCUT2D eigenvalue weighted by molar-refractivity contribution is 0.834. The van der Waals surface area contributed by atoms with Gasteiger partial charge >= 0.3 is 0 Å². The second-order valence-corrected chi connectivity index (χ2v) is 6.48. The van der Waals surface area contributed by atoms with Gasteiger partial charge in [0.2, 0.25) is 0 Å². The minimum Gasteiger partial charge on any atom is -0.370 e. The van der Waals surface area contributed by atoms with Gasteiger partial charge in [0, 0.05) is 28.8 Å². The standard InChI is InChI=1S/C16H24N4S/c1-5-7-14-19-15(17-6-2)9-16(20-14)18-10-13-8-11(3)12(4)21-13/h8-9H,5-7,10H2,1-4H3,(H2,17,18,19,20). The normalized spacial score (nSPS) is 10.7. The van der Waals surface area contributed by atoms with Crippen molar-refractivity contribution in [1.29, 1.82) is 0 Å². The van der Waals surface area contributed by atoms with E-state index >= 15 is 0 Å². The van der Waals surface area contributed by atoms with Crippen LogP contribution in [0.3, 0.4) is 0 Å². The predicted octanol–water partition coefficient (Wildman–Crippen LogP) is 4.15. The fraction of sp³-hybridized carbons (Fsp3) is 0.500. The fourth-order valence-electron chi connectivity index (χ4n) is 2.11. The first kappa shape index (κ1) is 15.8. The second kappa shape index (κ2) is 7.41. The van der Waals surface area contributed by atoms with E-state index in [2.05, 4.69) is 54.4 Å². The van der Waals surface area contributed by atoms with Crippen molar-refractivity contribution in [3.05, 3.63) is 33.3 Å². The van der Waals surface area contributed by atoms with Gasteiger partial charge in [0.1, 0.15) is 17.5 Å². The third-order valence-corrected chi connectivity index (χ3v) is 4.42. The second-order valence-electron chi connectivity index (χ2n) is 5.14. The number of thiophene rings is 1. The molecule has 5 heteroatoms. The van der Waals surface area contributed by atoms with Crippen LogP contribution in [0.5, 0.6) is 0 Å². The molecular formula is C16H24N4S. The van der Waals surface area contributed by atoms with E-state index in [1.807, 2.05) is 17.4 Å². The Morgan fingerprint density at radius 3 is 2.33 bits per heavy atom. The van der Waals surface area contributed by atoms with E-state index in [9.17, 15) is 0 Å². The van der Waals surface area contributed by atoms with E-state index < -0.39 is 0 Å². The monoisotopic (exact) mass is 304 g/mol. The van der Waals surface area contributed by atoms with Crippen LogP contribution < -0.4 is 10.6 Å². The quantitative estimate of drug-likeness (QED) is 0.806. The summed E-state index contributed by atoms with van der Waals surface area (Å²) in [5.41, 5.74) is 1.36. The van der Waals surface area contributed by atoms with Crippen molar-refractivity contribution in [2.24, 2.45) is 0 Å². The van der Waals surface area contributed by atoms with E-state index in [4.69, 9.17) is 0 Å².